The first-order chi connectivity index (χ1) is 38.1. The van der Waals surface area contributed by atoms with Gasteiger partial charge >= 0.3 is 0 Å². The first-order valence-electron chi connectivity index (χ1n) is 26.7. The van der Waals surface area contributed by atoms with Crippen LogP contribution in [-0.2, 0) is 62.1 Å². The van der Waals surface area contributed by atoms with Crippen LogP contribution in [0.3, 0.4) is 0 Å². The average Bonchev–Trinajstić information content (AvgIpc) is 3.91. The van der Waals surface area contributed by atoms with Crippen LogP contribution in [0.2, 0.25) is 5.04 Å². The van der Waals surface area contributed by atoms with E-state index in [2.05, 4.69) is 69.3 Å². The molecule has 0 radical (unpaired) electrons. The summed E-state index contributed by atoms with van der Waals surface area (Å²) in [5.74, 6) is -0.997. The summed E-state index contributed by atoms with van der Waals surface area (Å²) in [7, 11) is -3.36. The van der Waals surface area contributed by atoms with Crippen LogP contribution in [0.4, 0.5) is 0 Å². The Labute approximate surface area is 463 Å². The smallest absolute Gasteiger partial charge is 0.262 e. The molecule has 0 aliphatic carbocycles. The Kier molecular flexibility index (Phi) is 16.6. The number of fused-ring (bicyclic) bond motifs is 2. The molecule has 11 rings (SSSR count). The van der Waals surface area contributed by atoms with Crippen LogP contribution in [0.5, 0.6) is 0 Å². The molecule has 4 heterocycles. The maximum absolute atomic E-state index is 14.8. The Bertz CT molecular complexity index is 2990. The molecule has 4 aliphatic heterocycles. The molecular weight excluding hydrogens is 1020 g/mol. The summed E-state index contributed by atoms with van der Waals surface area (Å²) in [6.45, 7) is 7.23. The topological polar surface area (TPSA) is 120 Å². The van der Waals surface area contributed by atoms with Gasteiger partial charge in [-0.15, -0.1) is 12.6 Å². The van der Waals surface area contributed by atoms with Gasteiger partial charge in [-0.1, -0.05) is 215 Å². The summed E-state index contributed by atoms with van der Waals surface area (Å²) in [5.41, 5.74) is 3.27. The highest BCUT2D eigenvalue weighted by molar-refractivity contribution is 7.80. The van der Waals surface area contributed by atoms with E-state index in [9.17, 15) is 9.59 Å². The minimum absolute atomic E-state index is 0.0976. The van der Waals surface area contributed by atoms with Crippen molar-refractivity contribution in [2.24, 2.45) is 0 Å². The van der Waals surface area contributed by atoms with Crippen LogP contribution in [0, 0.1) is 0 Å². The van der Waals surface area contributed by atoms with Gasteiger partial charge in [0.1, 0.15) is 54.2 Å². The Morgan fingerprint density at radius 1 is 0.526 bits per heavy atom. The maximum atomic E-state index is 14.8. The van der Waals surface area contributed by atoms with Gasteiger partial charge in [0, 0.05) is 5.56 Å². The molecule has 78 heavy (non-hydrogen) atoms. The molecule has 0 saturated carbocycles. The minimum Gasteiger partial charge on any atom is -0.399 e. The predicted octanol–water partition coefficient (Wildman–Crippen LogP) is 9.86. The lowest BCUT2D eigenvalue weighted by atomic mass is 9.93. The number of benzene rings is 7. The molecule has 402 valence electrons. The summed E-state index contributed by atoms with van der Waals surface area (Å²) in [6.07, 6.45) is -7.92. The Morgan fingerprint density at radius 3 is 1.47 bits per heavy atom. The van der Waals surface area contributed by atoms with Crippen LogP contribution >= 0.6 is 12.6 Å². The van der Waals surface area contributed by atoms with E-state index >= 15 is 0 Å². The number of nitrogens with zero attached hydrogens (tertiary/aromatic N) is 1. The van der Waals surface area contributed by atoms with Gasteiger partial charge < -0.3 is 42.3 Å². The lowest BCUT2D eigenvalue weighted by Crippen LogP contribution is -2.72. The third-order valence-electron chi connectivity index (χ3n) is 15.1. The number of carbonyl (C=O) groups is 2. The van der Waals surface area contributed by atoms with Gasteiger partial charge in [-0.3, -0.25) is 14.5 Å². The summed E-state index contributed by atoms with van der Waals surface area (Å²) in [6, 6.07) is 65.9. The van der Waals surface area contributed by atoms with Gasteiger partial charge in [0.25, 0.3) is 20.1 Å². The highest BCUT2D eigenvalue weighted by atomic mass is 32.1. The van der Waals surface area contributed by atoms with Gasteiger partial charge in [0.2, 0.25) is 0 Å². The van der Waals surface area contributed by atoms with E-state index in [1.807, 2.05) is 133 Å². The van der Waals surface area contributed by atoms with E-state index in [1.54, 1.807) is 24.3 Å². The summed E-state index contributed by atoms with van der Waals surface area (Å²) in [5, 5.41) is 1.71. The van der Waals surface area contributed by atoms with Crippen LogP contribution in [-0.4, -0.2) is 98.7 Å². The van der Waals surface area contributed by atoms with Crippen molar-refractivity contribution in [3.63, 3.8) is 0 Å². The van der Waals surface area contributed by atoms with Gasteiger partial charge in [0.15, 0.2) is 12.6 Å². The number of rotatable bonds is 18. The maximum Gasteiger partial charge on any atom is 0.262 e. The molecule has 3 fully saturated rings. The SMILES string of the molecule is CC(C)(C)[Si](O[C@@H]1[C@H](OCc2ccccc2)[C@@H](S)O[C@H](CO[C@@H]2O[C@@H]3CO[C@@H](c4ccccc4)O[C@H]3[C@H](OCc3ccccc3)[C@H]2N2C(=O)c3ccccc3C2=O)[C@H]1OCc1ccccc1)(c1ccccc1)c1ccccc1. The first kappa shape index (κ1) is 53.9. The fraction of sp³-hybridized carbons (Fsp3) is 0.312. The Hall–Kier alpha value is -6.11. The van der Waals surface area contributed by atoms with Crippen LogP contribution in [0.1, 0.15) is 70.0 Å². The largest absolute Gasteiger partial charge is 0.399 e. The molecule has 12 nitrogen and oxygen atoms in total. The molecule has 2 amide bonds. The molecule has 7 aromatic carbocycles. The second kappa shape index (κ2) is 24.1. The van der Waals surface area contributed by atoms with Gasteiger partial charge in [-0.2, -0.15) is 0 Å². The minimum atomic E-state index is -3.36. The zero-order chi connectivity index (χ0) is 53.6. The Morgan fingerprint density at radius 2 is 0.974 bits per heavy atom. The standard InChI is InChI=1S/C64H65NO11SSi/c1-64(2,3)78(47-32-18-8-19-33-47,48-34-20-9-21-35-48)76-57-54(68-38-43-24-10-4-11-25-43)51(74-63(77)58(57)70-40-45-28-14-6-15-29-45)41-72-62-53(65-59(66)49-36-22-23-37-50(49)60(65)67)56(69-39-44-26-12-5-13-27-44)55-52(73-62)42-71-61(75-55)46-30-16-7-17-31-46/h4-37,51-58,61-63,77H,38-42H2,1-3H3/t51-,52-,53-,54-,55-,56-,57+,58+,61-,62-,63-/m1/s1. The van der Waals surface area contributed by atoms with E-state index in [-0.39, 0.29) is 44.2 Å². The number of carbonyl (C=O) groups excluding carboxylic acids is 2. The van der Waals surface area contributed by atoms with Crippen LogP contribution in [0.15, 0.2) is 206 Å². The third kappa shape index (κ3) is 11.2. The molecule has 0 unspecified atom stereocenters. The number of amides is 2. The lowest BCUT2D eigenvalue weighted by Gasteiger charge is -2.52. The highest BCUT2D eigenvalue weighted by Crippen LogP contribution is 2.44. The number of ether oxygens (including phenoxy) is 8. The molecule has 14 heteroatoms. The highest BCUT2D eigenvalue weighted by Gasteiger charge is 2.60. The number of hydrogen-bond acceptors (Lipinski definition) is 12. The second-order valence-corrected chi connectivity index (χ2v) is 25.9. The van der Waals surface area contributed by atoms with Gasteiger partial charge in [-0.25, -0.2) is 0 Å². The van der Waals surface area contributed by atoms with E-state index < -0.39 is 92.0 Å². The van der Waals surface area contributed by atoms with Crippen molar-refractivity contribution in [3.05, 3.63) is 240 Å². The summed E-state index contributed by atoms with van der Waals surface area (Å²) in [4.78, 5) is 30.9. The van der Waals surface area contributed by atoms with Crippen LogP contribution in [0.25, 0.3) is 0 Å². The molecular formula is C64H65NO11SSi. The van der Waals surface area contributed by atoms with E-state index in [0.717, 1.165) is 32.6 Å². The average molecular weight is 1080 g/mol. The summed E-state index contributed by atoms with van der Waals surface area (Å²) < 4.78 is 63.6. The first-order valence-corrected chi connectivity index (χ1v) is 29.1. The van der Waals surface area contributed by atoms with Crippen molar-refractivity contribution >= 4 is 43.1 Å². The molecule has 0 N–H and O–H groups in total. The van der Waals surface area contributed by atoms with Gasteiger partial charge in [-0.05, 0) is 44.2 Å². The second-order valence-electron chi connectivity index (χ2n) is 21.2. The molecule has 0 aromatic heterocycles. The van der Waals surface area contributed by atoms with Crippen molar-refractivity contribution in [3.8, 4) is 0 Å². The normalized spacial score (nSPS) is 26.3. The predicted molar refractivity (Wildman–Crippen MR) is 301 cm³/mol. The molecule has 0 bridgehead atoms. The van der Waals surface area contributed by atoms with Crippen molar-refractivity contribution in [2.45, 2.75) is 112 Å². The van der Waals surface area contributed by atoms with Crippen molar-refractivity contribution in [2.75, 3.05) is 13.2 Å². The van der Waals surface area contributed by atoms with Gasteiger partial charge in [0.05, 0.1) is 44.2 Å². The number of thiol groups is 1. The molecule has 0 spiro atoms. The van der Waals surface area contributed by atoms with Crippen molar-refractivity contribution in [1.29, 1.82) is 0 Å². The third-order valence-corrected chi connectivity index (χ3v) is 20.6. The fourth-order valence-electron chi connectivity index (χ4n) is 11.3. The van der Waals surface area contributed by atoms with Crippen molar-refractivity contribution in [1.82, 2.24) is 4.90 Å². The van der Waals surface area contributed by atoms with Crippen molar-refractivity contribution < 1.29 is 51.9 Å². The number of imide groups is 1. The zero-order valence-electron chi connectivity index (χ0n) is 43.9. The van der Waals surface area contributed by atoms with E-state index in [4.69, 9.17) is 54.9 Å². The molecule has 4 aliphatic rings. The lowest BCUT2D eigenvalue weighted by molar-refractivity contribution is -0.358. The molecule has 3 saturated heterocycles. The zero-order valence-corrected chi connectivity index (χ0v) is 45.8. The summed E-state index contributed by atoms with van der Waals surface area (Å²) >= 11 is 5.23. The van der Waals surface area contributed by atoms with E-state index in [0.29, 0.717) is 0 Å². The quantitative estimate of drug-likeness (QED) is 0.0503. The van der Waals surface area contributed by atoms with Crippen LogP contribution < -0.4 is 10.4 Å². The monoisotopic (exact) mass is 1080 g/mol. The fourth-order valence-corrected chi connectivity index (χ4v) is 16.4. The molecule has 7 aromatic rings. The molecule has 11 atom stereocenters. The Balaban J connectivity index is 0.999. The number of hydrogen-bond donors (Lipinski definition) is 1. The van der Waals surface area contributed by atoms with E-state index in [1.165, 1.54) is 4.90 Å².